The Labute approximate surface area is 193 Å². The van der Waals surface area contributed by atoms with Gasteiger partial charge >= 0.3 is 5.97 Å². The quantitative estimate of drug-likeness (QED) is 0.399. The third-order valence-electron chi connectivity index (χ3n) is 6.57. The first kappa shape index (κ1) is 24.7. The van der Waals surface area contributed by atoms with Gasteiger partial charge in [-0.1, -0.05) is 13.8 Å². The standard InChI is InChI=1S/C22H34N4O5S/c1-11(8-12(2)27)16-17-13(3)19(18(22(30)31)26(17)21(16)29)32-14-9-15(24-10-14)20(28)23-6-7-25(4)5/h11,13-17,24H,6-10H2,1-5H3,(H,23,28)(H,30,31)/t11-,13+,14?,15?,16+,17+/m0/s1. The van der Waals surface area contributed by atoms with Gasteiger partial charge in [-0.3, -0.25) is 9.59 Å². The molecule has 9 nitrogen and oxygen atoms in total. The first-order chi connectivity index (χ1) is 15.0. The smallest absolute Gasteiger partial charge is 0.353 e. The molecule has 2 saturated heterocycles. The number of thioether (sulfide) groups is 1. The van der Waals surface area contributed by atoms with Crippen molar-refractivity contribution in [3.05, 3.63) is 10.6 Å². The SMILES string of the molecule is CC(=O)C[C@H](C)[C@H]1C(=O)N2C(C(=O)O)=C(SC3CNC(C(=O)NCCN(C)C)C3)[C@H](C)[C@H]12. The Morgan fingerprint density at radius 2 is 2.03 bits per heavy atom. The summed E-state index contributed by atoms with van der Waals surface area (Å²) in [5.74, 6) is -1.88. The molecule has 2 fully saturated rings. The molecular formula is C22H34N4O5S. The number of hydrogen-bond acceptors (Lipinski definition) is 7. The number of amides is 2. The van der Waals surface area contributed by atoms with E-state index in [4.69, 9.17) is 0 Å². The Kier molecular flexibility index (Phi) is 7.67. The molecule has 32 heavy (non-hydrogen) atoms. The molecule has 0 bridgehead atoms. The predicted molar refractivity (Wildman–Crippen MR) is 122 cm³/mol. The summed E-state index contributed by atoms with van der Waals surface area (Å²) in [6.45, 7) is 7.30. The van der Waals surface area contributed by atoms with Gasteiger partial charge in [0.05, 0.1) is 18.0 Å². The molecule has 178 valence electrons. The Balaban J connectivity index is 1.66. The van der Waals surface area contributed by atoms with E-state index >= 15 is 0 Å². The highest BCUT2D eigenvalue weighted by Crippen LogP contribution is 2.53. The van der Waals surface area contributed by atoms with Gasteiger partial charge in [0.2, 0.25) is 11.8 Å². The average Bonchev–Trinajstić information content (AvgIpc) is 3.23. The van der Waals surface area contributed by atoms with Crippen molar-refractivity contribution in [1.29, 1.82) is 0 Å². The molecule has 0 saturated carbocycles. The van der Waals surface area contributed by atoms with Crippen LogP contribution in [0.4, 0.5) is 0 Å². The van der Waals surface area contributed by atoms with Gasteiger partial charge in [0, 0.05) is 42.1 Å². The number of ketones is 1. The Morgan fingerprint density at radius 1 is 1.34 bits per heavy atom. The van der Waals surface area contributed by atoms with E-state index in [9.17, 15) is 24.3 Å². The van der Waals surface area contributed by atoms with Crippen molar-refractivity contribution in [2.75, 3.05) is 33.7 Å². The third kappa shape index (κ3) is 4.87. The fraction of sp³-hybridized carbons (Fsp3) is 0.727. The second-order valence-electron chi connectivity index (χ2n) is 9.45. The number of Topliss-reactive ketones (excluding diaryl/α,β-unsaturated/α-hetero) is 1. The molecule has 10 heteroatoms. The minimum Gasteiger partial charge on any atom is -0.477 e. The number of carboxylic acids is 1. The topological polar surface area (TPSA) is 119 Å². The van der Waals surface area contributed by atoms with Crippen molar-refractivity contribution in [2.45, 2.75) is 50.9 Å². The second kappa shape index (κ2) is 9.93. The van der Waals surface area contributed by atoms with Crippen molar-refractivity contribution >= 4 is 35.3 Å². The van der Waals surface area contributed by atoms with E-state index in [0.717, 1.165) is 6.54 Å². The summed E-state index contributed by atoms with van der Waals surface area (Å²) >= 11 is 1.47. The molecule has 6 atom stereocenters. The number of carbonyl (C=O) groups excluding carboxylic acids is 3. The highest BCUT2D eigenvalue weighted by Gasteiger charge is 2.60. The van der Waals surface area contributed by atoms with E-state index in [-0.39, 0.29) is 58.4 Å². The Morgan fingerprint density at radius 3 is 2.62 bits per heavy atom. The number of aliphatic carboxylic acids is 1. The van der Waals surface area contributed by atoms with Gasteiger partial charge < -0.3 is 30.3 Å². The zero-order valence-electron chi connectivity index (χ0n) is 19.4. The Bertz CT molecular complexity index is 829. The van der Waals surface area contributed by atoms with Crippen LogP contribution in [0.2, 0.25) is 0 Å². The summed E-state index contributed by atoms with van der Waals surface area (Å²) in [5, 5.41) is 16.1. The van der Waals surface area contributed by atoms with E-state index in [2.05, 4.69) is 10.6 Å². The van der Waals surface area contributed by atoms with Crippen LogP contribution in [0.5, 0.6) is 0 Å². The van der Waals surface area contributed by atoms with Gasteiger partial charge in [-0.25, -0.2) is 4.79 Å². The van der Waals surface area contributed by atoms with Gasteiger partial charge in [-0.05, 0) is 33.4 Å². The number of fused-ring (bicyclic) bond motifs is 1. The number of β-lactam (4-membered cyclic amide) rings is 1. The highest BCUT2D eigenvalue weighted by atomic mass is 32.2. The molecule has 0 spiro atoms. The summed E-state index contributed by atoms with van der Waals surface area (Å²) in [5.41, 5.74) is 0.0719. The van der Waals surface area contributed by atoms with Crippen molar-refractivity contribution in [1.82, 2.24) is 20.4 Å². The molecule has 0 aliphatic carbocycles. The predicted octanol–water partition coefficient (Wildman–Crippen LogP) is 0.516. The van der Waals surface area contributed by atoms with Crippen LogP contribution in [0.25, 0.3) is 0 Å². The second-order valence-corrected chi connectivity index (χ2v) is 10.8. The third-order valence-corrected chi connectivity index (χ3v) is 8.08. The van der Waals surface area contributed by atoms with Crippen LogP contribution in [0.3, 0.4) is 0 Å². The molecule has 2 amide bonds. The molecule has 3 N–H and O–H groups in total. The van der Waals surface area contributed by atoms with Crippen LogP contribution in [0.15, 0.2) is 10.6 Å². The maximum atomic E-state index is 12.8. The molecule has 2 unspecified atom stereocenters. The number of nitrogens with one attached hydrogen (secondary N) is 2. The molecule has 3 aliphatic heterocycles. The normalized spacial score (nSPS) is 30.4. The van der Waals surface area contributed by atoms with Crippen LogP contribution >= 0.6 is 11.8 Å². The van der Waals surface area contributed by atoms with Gasteiger partial charge in [0.1, 0.15) is 11.5 Å². The van der Waals surface area contributed by atoms with Gasteiger partial charge in [-0.15, -0.1) is 11.8 Å². The molecule has 0 aromatic carbocycles. The average molecular weight is 467 g/mol. The first-order valence-corrected chi connectivity index (χ1v) is 12.0. The largest absolute Gasteiger partial charge is 0.477 e. The van der Waals surface area contributed by atoms with Gasteiger partial charge in [-0.2, -0.15) is 0 Å². The van der Waals surface area contributed by atoms with Crippen molar-refractivity contribution in [2.24, 2.45) is 17.8 Å². The number of hydrogen-bond donors (Lipinski definition) is 3. The fourth-order valence-corrected chi connectivity index (χ4v) is 6.52. The van der Waals surface area contributed by atoms with Crippen molar-refractivity contribution in [3.8, 4) is 0 Å². The Hall–Kier alpha value is -1.91. The minimum atomic E-state index is -1.10. The molecule has 3 aliphatic rings. The molecule has 0 radical (unpaired) electrons. The lowest BCUT2D eigenvalue weighted by molar-refractivity contribution is -0.160. The number of nitrogens with zero attached hydrogens (tertiary/aromatic N) is 2. The molecule has 0 aromatic heterocycles. The monoisotopic (exact) mass is 466 g/mol. The van der Waals surface area contributed by atoms with E-state index in [1.807, 2.05) is 32.8 Å². The first-order valence-electron chi connectivity index (χ1n) is 11.1. The zero-order valence-corrected chi connectivity index (χ0v) is 20.2. The van der Waals surface area contributed by atoms with Crippen LogP contribution in [0.1, 0.15) is 33.6 Å². The van der Waals surface area contributed by atoms with Crippen LogP contribution in [-0.2, 0) is 19.2 Å². The van der Waals surface area contributed by atoms with E-state index in [0.29, 0.717) is 30.8 Å². The lowest BCUT2D eigenvalue weighted by Crippen LogP contribution is -2.62. The van der Waals surface area contributed by atoms with E-state index in [1.165, 1.54) is 23.6 Å². The van der Waals surface area contributed by atoms with Crippen LogP contribution in [0, 0.1) is 17.8 Å². The lowest BCUT2D eigenvalue weighted by atomic mass is 9.73. The minimum absolute atomic E-state index is 0.0299. The van der Waals surface area contributed by atoms with E-state index in [1.54, 1.807) is 0 Å². The number of rotatable bonds is 10. The maximum absolute atomic E-state index is 12.8. The number of likely N-dealkylation sites (N-methyl/N-ethyl adjacent to an activating group) is 1. The fourth-order valence-electron chi connectivity index (χ4n) is 5.05. The summed E-state index contributed by atoms with van der Waals surface area (Å²) < 4.78 is 0. The van der Waals surface area contributed by atoms with Crippen LogP contribution in [-0.4, -0.2) is 89.5 Å². The van der Waals surface area contributed by atoms with Gasteiger partial charge in [0.15, 0.2) is 0 Å². The summed E-state index contributed by atoms with van der Waals surface area (Å²) in [6.07, 6.45) is 0.917. The van der Waals surface area contributed by atoms with Crippen molar-refractivity contribution in [3.63, 3.8) is 0 Å². The lowest BCUT2D eigenvalue weighted by Gasteiger charge is -2.47. The molecule has 3 heterocycles. The van der Waals surface area contributed by atoms with Crippen molar-refractivity contribution < 1.29 is 24.3 Å². The summed E-state index contributed by atoms with van der Waals surface area (Å²) in [4.78, 5) is 53.0. The number of carbonyl (C=O) groups is 4. The van der Waals surface area contributed by atoms with Gasteiger partial charge in [0.25, 0.3) is 0 Å². The highest BCUT2D eigenvalue weighted by molar-refractivity contribution is 8.03. The molecular weight excluding hydrogens is 432 g/mol. The zero-order chi connectivity index (χ0) is 23.7. The maximum Gasteiger partial charge on any atom is 0.353 e. The van der Waals surface area contributed by atoms with Crippen LogP contribution < -0.4 is 10.6 Å². The summed E-state index contributed by atoms with van der Waals surface area (Å²) in [7, 11) is 3.89. The number of carboxylic acid groups (broad SMARTS) is 1. The summed E-state index contributed by atoms with van der Waals surface area (Å²) in [6, 6.07) is -0.521. The van der Waals surface area contributed by atoms with E-state index < -0.39 is 5.97 Å². The molecule has 0 aromatic rings. The molecule has 3 rings (SSSR count).